The number of rotatable bonds is 4. The minimum absolute atomic E-state index is 0.691. The van der Waals surface area contributed by atoms with E-state index in [0.717, 1.165) is 23.5 Å². The largest absolute Gasteiger partial charge is 0.298 e. The average molecular weight is 181 g/mol. The van der Waals surface area contributed by atoms with Crippen LogP contribution >= 0.6 is 11.8 Å². The van der Waals surface area contributed by atoms with Gasteiger partial charge in [0.15, 0.2) is 6.29 Å². The van der Waals surface area contributed by atoms with E-state index in [0.29, 0.717) is 5.56 Å². The Hall–Kier alpha value is -0.830. The van der Waals surface area contributed by atoms with Crippen LogP contribution in [-0.4, -0.2) is 17.0 Å². The highest BCUT2D eigenvalue weighted by Gasteiger charge is 2.00. The van der Waals surface area contributed by atoms with Crippen molar-refractivity contribution < 1.29 is 4.79 Å². The summed E-state index contributed by atoms with van der Waals surface area (Å²) >= 11 is 1.63. The van der Waals surface area contributed by atoms with Crippen molar-refractivity contribution >= 4 is 18.0 Å². The van der Waals surface area contributed by atoms with Crippen LogP contribution in [0.2, 0.25) is 0 Å². The summed E-state index contributed by atoms with van der Waals surface area (Å²) in [6, 6.07) is 3.57. The summed E-state index contributed by atoms with van der Waals surface area (Å²) in [5.74, 6) is 1.01. The van der Waals surface area contributed by atoms with Crippen LogP contribution in [0.25, 0.3) is 0 Å². The molecule has 0 radical (unpaired) electrons. The maximum atomic E-state index is 10.5. The summed E-state index contributed by atoms with van der Waals surface area (Å²) in [7, 11) is 0. The lowest BCUT2D eigenvalue weighted by atomic mass is 10.3. The van der Waals surface area contributed by atoms with Gasteiger partial charge in [0.05, 0.1) is 0 Å². The molecule has 1 heterocycles. The van der Waals surface area contributed by atoms with Crippen LogP contribution in [0.15, 0.2) is 23.4 Å². The fourth-order valence-corrected chi connectivity index (χ4v) is 1.63. The summed E-state index contributed by atoms with van der Waals surface area (Å²) in [4.78, 5) is 14.7. The normalized spacial score (nSPS) is 9.75. The lowest BCUT2D eigenvalue weighted by molar-refractivity contribution is 0.112. The van der Waals surface area contributed by atoms with Gasteiger partial charge in [0.25, 0.3) is 0 Å². The van der Waals surface area contributed by atoms with Gasteiger partial charge in [0, 0.05) is 11.8 Å². The standard InChI is InChI=1S/C9H11NOS/c1-2-6-12-9-8(7-11)4-3-5-10-9/h3-5,7H,2,6H2,1H3. The SMILES string of the molecule is CCCSc1ncccc1C=O. The van der Waals surface area contributed by atoms with Crippen LogP contribution in [0.1, 0.15) is 23.7 Å². The van der Waals surface area contributed by atoms with Crippen LogP contribution in [-0.2, 0) is 0 Å². The van der Waals surface area contributed by atoms with Gasteiger partial charge in [-0.1, -0.05) is 6.92 Å². The van der Waals surface area contributed by atoms with Gasteiger partial charge in [0.2, 0.25) is 0 Å². The Bertz CT molecular complexity index is 262. The highest BCUT2D eigenvalue weighted by atomic mass is 32.2. The molecule has 0 fully saturated rings. The third-order valence-electron chi connectivity index (χ3n) is 1.37. The zero-order valence-electron chi connectivity index (χ0n) is 6.99. The Labute approximate surface area is 76.4 Å². The molecule has 1 aromatic rings. The maximum absolute atomic E-state index is 10.5. The number of pyridine rings is 1. The number of nitrogens with zero attached hydrogens (tertiary/aromatic N) is 1. The maximum Gasteiger partial charge on any atom is 0.152 e. The number of aromatic nitrogens is 1. The summed E-state index contributed by atoms with van der Waals surface area (Å²) in [5.41, 5.74) is 0.691. The molecule has 0 atom stereocenters. The first kappa shape index (κ1) is 9.26. The third kappa shape index (κ3) is 2.34. The Morgan fingerprint density at radius 2 is 2.50 bits per heavy atom. The number of carbonyl (C=O) groups excluding carboxylic acids is 1. The Balaban J connectivity index is 2.75. The number of hydrogen-bond donors (Lipinski definition) is 0. The molecule has 64 valence electrons. The van der Waals surface area contributed by atoms with Crippen molar-refractivity contribution in [3.8, 4) is 0 Å². The Morgan fingerprint density at radius 3 is 3.17 bits per heavy atom. The van der Waals surface area contributed by atoms with Crippen molar-refractivity contribution in [2.45, 2.75) is 18.4 Å². The van der Waals surface area contributed by atoms with Crippen LogP contribution < -0.4 is 0 Å². The average Bonchev–Trinajstić information content (AvgIpc) is 2.15. The van der Waals surface area contributed by atoms with E-state index >= 15 is 0 Å². The van der Waals surface area contributed by atoms with E-state index in [1.54, 1.807) is 30.1 Å². The summed E-state index contributed by atoms with van der Waals surface area (Å²) in [6.45, 7) is 2.11. The molecular weight excluding hydrogens is 170 g/mol. The molecular formula is C9H11NOS. The quantitative estimate of drug-likeness (QED) is 0.527. The minimum atomic E-state index is 0.691. The molecule has 1 aromatic heterocycles. The second-order valence-corrected chi connectivity index (χ2v) is 3.45. The molecule has 1 rings (SSSR count). The van der Waals surface area contributed by atoms with E-state index < -0.39 is 0 Å². The van der Waals surface area contributed by atoms with Crippen LogP contribution in [0.3, 0.4) is 0 Å². The molecule has 0 spiro atoms. The fourth-order valence-electron chi connectivity index (χ4n) is 0.812. The van der Waals surface area contributed by atoms with Gasteiger partial charge in [-0.15, -0.1) is 11.8 Å². The van der Waals surface area contributed by atoms with Gasteiger partial charge in [-0.3, -0.25) is 4.79 Å². The first-order valence-corrected chi connectivity index (χ1v) is 4.90. The monoisotopic (exact) mass is 181 g/mol. The molecule has 0 aliphatic carbocycles. The van der Waals surface area contributed by atoms with Gasteiger partial charge >= 0.3 is 0 Å². The van der Waals surface area contributed by atoms with Gasteiger partial charge < -0.3 is 0 Å². The number of hydrogen-bond acceptors (Lipinski definition) is 3. The predicted octanol–water partition coefficient (Wildman–Crippen LogP) is 2.40. The molecule has 12 heavy (non-hydrogen) atoms. The smallest absolute Gasteiger partial charge is 0.152 e. The third-order valence-corrected chi connectivity index (χ3v) is 2.60. The number of thioether (sulfide) groups is 1. The first-order chi connectivity index (χ1) is 5.88. The zero-order chi connectivity index (χ0) is 8.81. The number of aldehydes is 1. The van der Waals surface area contributed by atoms with Crippen LogP contribution in [0, 0.1) is 0 Å². The van der Waals surface area contributed by atoms with Crippen molar-refractivity contribution in [1.82, 2.24) is 4.98 Å². The molecule has 0 N–H and O–H groups in total. The Kier molecular flexibility index (Phi) is 3.80. The molecule has 0 saturated carbocycles. The van der Waals surface area contributed by atoms with E-state index in [1.807, 2.05) is 0 Å². The summed E-state index contributed by atoms with van der Waals surface area (Å²) in [6.07, 6.45) is 3.66. The van der Waals surface area contributed by atoms with Gasteiger partial charge in [-0.2, -0.15) is 0 Å². The second kappa shape index (κ2) is 4.93. The highest BCUT2D eigenvalue weighted by Crippen LogP contribution is 2.18. The molecule has 3 heteroatoms. The first-order valence-electron chi connectivity index (χ1n) is 3.91. The van der Waals surface area contributed by atoms with Gasteiger partial charge in [-0.25, -0.2) is 4.98 Å². The highest BCUT2D eigenvalue weighted by molar-refractivity contribution is 7.99. The van der Waals surface area contributed by atoms with E-state index in [9.17, 15) is 4.79 Å². The summed E-state index contributed by atoms with van der Waals surface area (Å²) < 4.78 is 0. The van der Waals surface area contributed by atoms with E-state index in [1.165, 1.54) is 0 Å². The molecule has 2 nitrogen and oxygen atoms in total. The van der Waals surface area contributed by atoms with Gasteiger partial charge in [0.1, 0.15) is 5.03 Å². The predicted molar refractivity (Wildman–Crippen MR) is 50.6 cm³/mol. The molecule has 0 unspecified atom stereocenters. The van der Waals surface area contributed by atoms with E-state index in [-0.39, 0.29) is 0 Å². The second-order valence-electron chi connectivity index (χ2n) is 2.36. The Morgan fingerprint density at radius 1 is 1.67 bits per heavy atom. The van der Waals surface area contributed by atoms with Gasteiger partial charge in [-0.05, 0) is 24.3 Å². The lowest BCUT2D eigenvalue weighted by Gasteiger charge is -2.00. The molecule has 0 aliphatic rings. The number of carbonyl (C=O) groups is 1. The van der Waals surface area contributed by atoms with Crippen molar-refractivity contribution in [1.29, 1.82) is 0 Å². The molecule has 0 saturated heterocycles. The molecule has 0 bridgehead atoms. The lowest BCUT2D eigenvalue weighted by Crippen LogP contribution is -1.89. The molecule has 0 amide bonds. The van der Waals surface area contributed by atoms with Crippen molar-refractivity contribution in [2.75, 3.05) is 5.75 Å². The van der Waals surface area contributed by atoms with Crippen molar-refractivity contribution in [2.24, 2.45) is 0 Å². The fraction of sp³-hybridized carbons (Fsp3) is 0.333. The van der Waals surface area contributed by atoms with Crippen LogP contribution in [0.5, 0.6) is 0 Å². The van der Waals surface area contributed by atoms with E-state index in [2.05, 4.69) is 11.9 Å². The van der Waals surface area contributed by atoms with Crippen molar-refractivity contribution in [3.63, 3.8) is 0 Å². The molecule has 0 aliphatic heterocycles. The topological polar surface area (TPSA) is 30.0 Å². The minimum Gasteiger partial charge on any atom is -0.298 e. The molecule has 0 aromatic carbocycles. The van der Waals surface area contributed by atoms with Crippen molar-refractivity contribution in [3.05, 3.63) is 23.9 Å². The zero-order valence-corrected chi connectivity index (χ0v) is 7.80. The summed E-state index contributed by atoms with van der Waals surface area (Å²) in [5, 5.41) is 0.842. The van der Waals surface area contributed by atoms with Crippen LogP contribution in [0.4, 0.5) is 0 Å². The van der Waals surface area contributed by atoms with E-state index in [4.69, 9.17) is 0 Å².